The molecule has 2 nitrogen and oxygen atoms in total. The first-order valence-electron chi connectivity index (χ1n) is 7.21. The second-order valence-corrected chi connectivity index (χ2v) is 18.1. The molecule has 0 aliphatic carbocycles. The predicted molar refractivity (Wildman–Crippen MR) is 90.4 cm³/mol. The maximum absolute atomic E-state index is 3.86. The summed E-state index contributed by atoms with van der Waals surface area (Å²) in [5.41, 5.74) is 0.498. The molecule has 0 aromatic rings. The fraction of sp³-hybridized carbons (Fsp3) is 1.00. The third-order valence-corrected chi connectivity index (χ3v) is 9.16. The minimum absolute atomic E-state index is 0.249. The average molecular weight is 289 g/mol. The highest BCUT2D eigenvalue weighted by molar-refractivity contribution is 6.80. The SMILES string of the molecule is CC(C)(C)N[Si](C)(C)CC[Si](C)(C)NC(C)(C)C. The molecular weight excluding hydrogens is 252 g/mol. The van der Waals surface area contributed by atoms with Crippen LogP contribution in [0.3, 0.4) is 0 Å². The van der Waals surface area contributed by atoms with Crippen molar-refractivity contribution in [2.24, 2.45) is 0 Å². The second kappa shape index (κ2) is 5.77. The number of rotatable bonds is 5. The van der Waals surface area contributed by atoms with E-state index in [0.717, 1.165) is 0 Å². The van der Waals surface area contributed by atoms with Gasteiger partial charge in [-0.05, 0) is 53.6 Å². The molecule has 0 aliphatic rings. The van der Waals surface area contributed by atoms with Gasteiger partial charge in [-0.25, -0.2) is 0 Å². The van der Waals surface area contributed by atoms with Gasteiger partial charge >= 0.3 is 0 Å². The van der Waals surface area contributed by atoms with Crippen molar-refractivity contribution >= 4 is 16.5 Å². The Hall–Kier alpha value is 0.354. The van der Waals surface area contributed by atoms with Gasteiger partial charge in [0.05, 0.1) is 0 Å². The molecule has 0 unspecified atom stereocenters. The first-order chi connectivity index (χ1) is 7.62. The zero-order valence-corrected chi connectivity index (χ0v) is 16.4. The summed E-state index contributed by atoms with van der Waals surface area (Å²) >= 11 is 0. The van der Waals surface area contributed by atoms with Gasteiger partial charge in [0.2, 0.25) is 0 Å². The zero-order valence-electron chi connectivity index (χ0n) is 14.4. The zero-order chi connectivity index (χ0) is 14.8. The first kappa shape index (κ1) is 18.4. The van der Waals surface area contributed by atoms with E-state index in [0.29, 0.717) is 0 Å². The predicted octanol–water partition coefficient (Wildman–Crippen LogP) is 4.17. The smallest absolute Gasteiger partial charge is 0.119 e. The Balaban J connectivity index is 4.38. The Morgan fingerprint density at radius 2 is 0.833 bits per heavy atom. The fourth-order valence-corrected chi connectivity index (χ4v) is 12.1. The molecule has 0 heterocycles. The average Bonchev–Trinajstić information content (AvgIpc) is 1.91. The second-order valence-electron chi connectivity index (χ2n) is 9.02. The molecule has 2 N–H and O–H groups in total. The molecule has 18 heavy (non-hydrogen) atoms. The lowest BCUT2D eigenvalue weighted by Gasteiger charge is -2.38. The van der Waals surface area contributed by atoms with Crippen molar-refractivity contribution < 1.29 is 0 Å². The largest absolute Gasteiger partial charge is 0.333 e. The number of hydrogen-bond acceptors (Lipinski definition) is 2. The summed E-state index contributed by atoms with van der Waals surface area (Å²) in [7, 11) is -2.56. The fourth-order valence-electron chi connectivity index (χ4n) is 2.78. The third-order valence-electron chi connectivity index (χ3n) is 2.80. The van der Waals surface area contributed by atoms with Gasteiger partial charge in [-0.1, -0.05) is 26.2 Å². The topological polar surface area (TPSA) is 24.1 Å². The van der Waals surface area contributed by atoms with Gasteiger partial charge in [-0.3, -0.25) is 0 Å². The maximum atomic E-state index is 3.86. The van der Waals surface area contributed by atoms with E-state index in [1.165, 1.54) is 12.1 Å². The summed E-state index contributed by atoms with van der Waals surface area (Å²) in [4.78, 5) is 7.73. The highest BCUT2D eigenvalue weighted by Crippen LogP contribution is 2.21. The molecule has 0 fully saturated rings. The molecule has 0 saturated heterocycles. The summed E-state index contributed by atoms with van der Waals surface area (Å²) in [5.74, 6) is 0. The van der Waals surface area contributed by atoms with Crippen LogP contribution in [0.2, 0.25) is 38.3 Å². The Bertz CT molecular complexity index is 232. The molecule has 0 rings (SSSR count). The lowest BCUT2D eigenvalue weighted by Crippen LogP contribution is -2.58. The van der Waals surface area contributed by atoms with Crippen LogP contribution in [0, 0.1) is 0 Å². The Labute approximate surface area is 118 Å². The first-order valence-corrected chi connectivity index (χ1v) is 13.6. The molecular formula is C14H36N2Si2. The monoisotopic (exact) mass is 288 g/mol. The van der Waals surface area contributed by atoms with Crippen LogP contribution in [0.4, 0.5) is 0 Å². The number of nitrogens with one attached hydrogen (secondary N) is 2. The Morgan fingerprint density at radius 1 is 0.611 bits per heavy atom. The van der Waals surface area contributed by atoms with Crippen LogP contribution in [0.5, 0.6) is 0 Å². The van der Waals surface area contributed by atoms with Crippen LogP contribution in [0.25, 0.3) is 0 Å². The normalized spacial score (nSPS) is 15.0. The van der Waals surface area contributed by atoms with E-state index in [2.05, 4.69) is 77.7 Å². The van der Waals surface area contributed by atoms with Gasteiger partial charge in [0.1, 0.15) is 16.5 Å². The summed E-state index contributed by atoms with van der Waals surface area (Å²) < 4.78 is 0. The van der Waals surface area contributed by atoms with E-state index >= 15 is 0 Å². The van der Waals surface area contributed by atoms with Gasteiger partial charge in [0, 0.05) is 11.1 Å². The molecule has 0 saturated carbocycles. The lowest BCUT2D eigenvalue weighted by atomic mass is 10.1. The van der Waals surface area contributed by atoms with E-state index in [-0.39, 0.29) is 11.1 Å². The molecule has 0 spiro atoms. The highest BCUT2D eigenvalue weighted by atomic mass is 28.3. The summed E-state index contributed by atoms with van der Waals surface area (Å²) in [6.45, 7) is 23.5. The third kappa shape index (κ3) is 10.3. The Morgan fingerprint density at radius 3 is 1.00 bits per heavy atom. The van der Waals surface area contributed by atoms with Crippen molar-refractivity contribution in [2.75, 3.05) is 0 Å². The highest BCUT2D eigenvalue weighted by Gasteiger charge is 2.32. The van der Waals surface area contributed by atoms with Gasteiger partial charge in [0.25, 0.3) is 0 Å². The summed E-state index contributed by atoms with van der Waals surface area (Å²) in [6.07, 6.45) is 0. The molecule has 0 bridgehead atoms. The minimum atomic E-state index is -1.28. The molecule has 0 radical (unpaired) electrons. The molecule has 0 aliphatic heterocycles. The van der Waals surface area contributed by atoms with Crippen LogP contribution >= 0.6 is 0 Å². The van der Waals surface area contributed by atoms with Gasteiger partial charge in [-0.15, -0.1) is 0 Å². The van der Waals surface area contributed by atoms with E-state index in [1.54, 1.807) is 0 Å². The van der Waals surface area contributed by atoms with Crippen molar-refractivity contribution in [1.82, 2.24) is 9.96 Å². The molecule has 0 aromatic heterocycles. The minimum Gasteiger partial charge on any atom is -0.333 e. The molecule has 0 aromatic carbocycles. The van der Waals surface area contributed by atoms with Gasteiger partial charge < -0.3 is 9.96 Å². The van der Waals surface area contributed by atoms with Crippen LogP contribution in [0.15, 0.2) is 0 Å². The molecule has 0 amide bonds. The molecule has 4 heteroatoms. The molecule has 0 atom stereocenters. The van der Waals surface area contributed by atoms with E-state index in [1.807, 2.05) is 0 Å². The maximum Gasteiger partial charge on any atom is 0.119 e. The quantitative estimate of drug-likeness (QED) is 0.742. The lowest BCUT2D eigenvalue weighted by molar-refractivity contribution is 0.506. The van der Waals surface area contributed by atoms with Crippen molar-refractivity contribution in [3.8, 4) is 0 Å². The summed E-state index contributed by atoms with van der Waals surface area (Å²) in [5, 5.41) is 0. The van der Waals surface area contributed by atoms with E-state index < -0.39 is 16.5 Å². The van der Waals surface area contributed by atoms with E-state index in [9.17, 15) is 0 Å². The van der Waals surface area contributed by atoms with Crippen molar-refractivity contribution in [1.29, 1.82) is 0 Å². The van der Waals surface area contributed by atoms with Gasteiger partial charge in [-0.2, -0.15) is 0 Å². The van der Waals surface area contributed by atoms with Crippen LogP contribution < -0.4 is 9.96 Å². The van der Waals surface area contributed by atoms with Gasteiger partial charge in [0.15, 0.2) is 0 Å². The van der Waals surface area contributed by atoms with E-state index in [4.69, 9.17) is 0 Å². The van der Waals surface area contributed by atoms with Crippen LogP contribution in [-0.2, 0) is 0 Å². The summed E-state index contributed by atoms with van der Waals surface area (Å²) in [6, 6.07) is 2.74. The van der Waals surface area contributed by atoms with Crippen molar-refractivity contribution in [3.05, 3.63) is 0 Å². The standard InChI is InChI=1S/C14H36N2Si2/c1-13(2,3)15-17(7,8)11-12-18(9,10)16-14(4,5)6/h15-16H,11-12H2,1-10H3. The van der Waals surface area contributed by atoms with Crippen LogP contribution in [0.1, 0.15) is 41.5 Å². The Kier molecular flexibility index (Phi) is 5.89. The van der Waals surface area contributed by atoms with Crippen molar-refractivity contribution in [3.63, 3.8) is 0 Å². The molecule has 110 valence electrons. The number of hydrogen-bond donors (Lipinski definition) is 2. The van der Waals surface area contributed by atoms with Crippen molar-refractivity contribution in [2.45, 2.75) is 90.9 Å². The van der Waals surface area contributed by atoms with Crippen LogP contribution in [-0.4, -0.2) is 27.5 Å².